The van der Waals surface area contributed by atoms with E-state index in [1.165, 1.54) is 0 Å². The third-order valence-corrected chi connectivity index (χ3v) is 1.56. The molecule has 12 heavy (non-hydrogen) atoms. The second-order valence-corrected chi connectivity index (χ2v) is 3.73. The molecule has 0 aromatic heterocycles. The summed E-state index contributed by atoms with van der Waals surface area (Å²) in [6.45, 7) is 6.09. The largest absolute Gasteiger partial charge is 0.299 e. The third kappa shape index (κ3) is 4.74. The number of ketones is 1. The van der Waals surface area contributed by atoms with Crippen molar-refractivity contribution < 1.29 is 4.79 Å². The number of rotatable bonds is 4. The Bertz CT molecular complexity index is 199. The molecular formula is C8H15N3O. The third-order valence-electron chi connectivity index (χ3n) is 1.56. The lowest BCUT2D eigenvalue weighted by Crippen LogP contribution is -2.19. The Hall–Kier alpha value is -1.02. The van der Waals surface area contributed by atoms with Crippen molar-refractivity contribution in [2.75, 3.05) is 6.54 Å². The number of azide groups is 1. The van der Waals surface area contributed by atoms with Crippen molar-refractivity contribution in [1.29, 1.82) is 0 Å². The molecule has 0 N–H and O–H groups in total. The van der Waals surface area contributed by atoms with E-state index in [4.69, 9.17) is 5.53 Å². The summed E-state index contributed by atoms with van der Waals surface area (Å²) in [5.74, 6) is 0.218. The summed E-state index contributed by atoms with van der Waals surface area (Å²) in [4.78, 5) is 13.9. The topological polar surface area (TPSA) is 65.8 Å². The molecule has 0 rings (SSSR count). The van der Waals surface area contributed by atoms with Gasteiger partial charge in [0.15, 0.2) is 0 Å². The summed E-state index contributed by atoms with van der Waals surface area (Å²) in [6, 6.07) is 0. The Morgan fingerprint density at radius 2 is 2.08 bits per heavy atom. The maximum absolute atomic E-state index is 11.3. The molecule has 0 aliphatic carbocycles. The van der Waals surface area contributed by atoms with Crippen molar-refractivity contribution in [3.63, 3.8) is 0 Å². The molecular weight excluding hydrogens is 154 g/mol. The Balaban J connectivity index is 3.65. The molecule has 0 fully saturated rings. The van der Waals surface area contributed by atoms with Gasteiger partial charge in [0.25, 0.3) is 0 Å². The second-order valence-electron chi connectivity index (χ2n) is 3.73. The van der Waals surface area contributed by atoms with Crippen LogP contribution in [0.2, 0.25) is 0 Å². The summed E-state index contributed by atoms with van der Waals surface area (Å²) >= 11 is 0. The lowest BCUT2D eigenvalue weighted by molar-refractivity contribution is -0.126. The molecule has 0 spiro atoms. The predicted octanol–water partition coefficient (Wildman–Crippen LogP) is 2.69. The molecule has 0 saturated carbocycles. The first-order valence-electron chi connectivity index (χ1n) is 4.02. The molecule has 0 radical (unpaired) electrons. The zero-order chi connectivity index (χ0) is 9.61. The zero-order valence-corrected chi connectivity index (χ0v) is 7.87. The molecule has 0 amide bonds. The fourth-order valence-corrected chi connectivity index (χ4v) is 0.730. The average molecular weight is 169 g/mol. The van der Waals surface area contributed by atoms with Crippen LogP contribution in [0.3, 0.4) is 0 Å². The van der Waals surface area contributed by atoms with Crippen LogP contribution in [-0.4, -0.2) is 12.3 Å². The van der Waals surface area contributed by atoms with Crippen LogP contribution in [0, 0.1) is 5.41 Å². The molecule has 0 heterocycles. The quantitative estimate of drug-likeness (QED) is 0.276. The van der Waals surface area contributed by atoms with E-state index in [2.05, 4.69) is 10.0 Å². The van der Waals surface area contributed by atoms with Crippen LogP contribution in [0.1, 0.15) is 33.6 Å². The van der Waals surface area contributed by atoms with E-state index < -0.39 is 0 Å². The Morgan fingerprint density at radius 3 is 2.50 bits per heavy atom. The van der Waals surface area contributed by atoms with Crippen LogP contribution in [0.15, 0.2) is 5.11 Å². The van der Waals surface area contributed by atoms with Crippen molar-refractivity contribution in [2.24, 2.45) is 10.5 Å². The van der Waals surface area contributed by atoms with Gasteiger partial charge in [0.1, 0.15) is 5.78 Å². The predicted molar refractivity (Wildman–Crippen MR) is 47.7 cm³/mol. The minimum Gasteiger partial charge on any atom is -0.299 e. The molecule has 68 valence electrons. The van der Waals surface area contributed by atoms with E-state index >= 15 is 0 Å². The molecule has 0 atom stereocenters. The minimum atomic E-state index is -0.268. The number of carbonyl (C=O) groups excluding carboxylic acids is 1. The normalized spacial score (nSPS) is 10.6. The van der Waals surface area contributed by atoms with Gasteiger partial charge in [-0.05, 0) is 12.0 Å². The van der Waals surface area contributed by atoms with Gasteiger partial charge in [0.2, 0.25) is 0 Å². The van der Waals surface area contributed by atoms with Crippen LogP contribution in [0.4, 0.5) is 0 Å². The van der Waals surface area contributed by atoms with Gasteiger partial charge in [-0.15, -0.1) is 0 Å². The first kappa shape index (κ1) is 11.0. The minimum absolute atomic E-state index is 0.218. The van der Waals surface area contributed by atoms with Gasteiger partial charge in [0, 0.05) is 23.3 Å². The van der Waals surface area contributed by atoms with Gasteiger partial charge in [-0.2, -0.15) is 0 Å². The monoisotopic (exact) mass is 169 g/mol. The van der Waals surface area contributed by atoms with Crippen LogP contribution in [0.5, 0.6) is 0 Å². The van der Waals surface area contributed by atoms with Crippen LogP contribution in [-0.2, 0) is 4.79 Å². The molecule has 0 unspecified atom stereocenters. The molecule has 0 saturated heterocycles. The highest BCUT2D eigenvalue weighted by atomic mass is 16.1. The number of hydrogen-bond donors (Lipinski definition) is 0. The van der Waals surface area contributed by atoms with E-state index in [9.17, 15) is 4.79 Å². The lowest BCUT2D eigenvalue weighted by Gasteiger charge is -2.15. The Morgan fingerprint density at radius 1 is 1.50 bits per heavy atom. The maximum Gasteiger partial charge on any atom is 0.138 e. The highest BCUT2D eigenvalue weighted by Crippen LogP contribution is 2.17. The van der Waals surface area contributed by atoms with Crippen molar-refractivity contribution in [1.82, 2.24) is 0 Å². The van der Waals surface area contributed by atoms with E-state index in [0.29, 0.717) is 19.4 Å². The smallest absolute Gasteiger partial charge is 0.138 e. The van der Waals surface area contributed by atoms with Crippen LogP contribution in [0.25, 0.3) is 10.4 Å². The molecule has 0 aromatic carbocycles. The maximum atomic E-state index is 11.3. The molecule has 4 heteroatoms. The first-order chi connectivity index (χ1) is 5.48. The zero-order valence-electron chi connectivity index (χ0n) is 7.87. The number of carbonyl (C=O) groups is 1. The lowest BCUT2D eigenvalue weighted by atomic mass is 9.88. The van der Waals surface area contributed by atoms with Crippen molar-refractivity contribution in [3.05, 3.63) is 10.4 Å². The fourth-order valence-electron chi connectivity index (χ4n) is 0.730. The van der Waals surface area contributed by atoms with E-state index in [1.54, 1.807) is 0 Å². The van der Waals surface area contributed by atoms with Crippen molar-refractivity contribution in [2.45, 2.75) is 33.6 Å². The van der Waals surface area contributed by atoms with Gasteiger partial charge < -0.3 is 0 Å². The molecule has 0 aliphatic rings. The number of nitrogens with zero attached hydrogens (tertiary/aromatic N) is 3. The van der Waals surface area contributed by atoms with Crippen LogP contribution < -0.4 is 0 Å². The van der Waals surface area contributed by atoms with E-state index in [1.807, 2.05) is 20.8 Å². The highest BCUT2D eigenvalue weighted by Gasteiger charge is 2.19. The van der Waals surface area contributed by atoms with Crippen LogP contribution >= 0.6 is 0 Å². The first-order valence-corrected chi connectivity index (χ1v) is 4.02. The van der Waals surface area contributed by atoms with Gasteiger partial charge in [-0.1, -0.05) is 25.9 Å². The van der Waals surface area contributed by atoms with Gasteiger partial charge in [0.05, 0.1) is 0 Å². The highest BCUT2D eigenvalue weighted by molar-refractivity contribution is 5.83. The number of hydrogen-bond acceptors (Lipinski definition) is 2. The SMILES string of the molecule is CC(C)(C)C(=O)CCCN=[N+]=[N-]. The van der Waals surface area contributed by atoms with Gasteiger partial charge in [-0.3, -0.25) is 4.79 Å². The second kappa shape index (κ2) is 4.78. The Kier molecular flexibility index (Phi) is 4.37. The summed E-state index contributed by atoms with van der Waals surface area (Å²) in [6.07, 6.45) is 1.16. The summed E-state index contributed by atoms with van der Waals surface area (Å²) in [5, 5.41) is 3.35. The van der Waals surface area contributed by atoms with Gasteiger partial charge >= 0.3 is 0 Å². The van der Waals surface area contributed by atoms with E-state index in [-0.39, 0.29) is 11.2 Å². The molecule has 0 aliphatic heterocycles. The Labute approximate surface area is 72.6 Å². The summed E-state index contributed by atoms with van der Waals surface area (Å²) in [7, 11) is 0. The fraction of sp³-hybridized carbons (Fsp3) is 0.875. The summed E-state index contributed by atoms with van der Waals surface area (Å²) in [5.41, 5.74) is 7.70. The average Bonchev–Trinajstić information content (AvgIpc) is 1.96. The number of Topliss-reactive ketones (excluding diaryl/α,β-unsaturated/α-hetero) is 1. The van der Waals surface area contributed by atoms with Crippen molar-refractivity contribution in [3.8, 4) is 0 Å². The molecule has 0 aromatic rings. The van der Waals surface area contributed by atoms with Gasteiger partial charge in [-0.25, -0.2) is 0 Å². The van der Waals surface area contributed by atoms with Crippen molar-refractivity contribution >= 4 is 5.78 Å². The standard InChI is InChI=1S/C8H15N3O/c1-8(2,3)7(12)5-4-6-10-11-9/h4-6H2,1-3H3. The molecule has 0 bridgehead atoms. The van der Waals surface area contributed by atoms with E-state index in [0.717, 1.165) is 0 Å². The molecule has 4 nitrogen and oxygen atoms in total. The summed E-state index contributed by atoms with van der Waals surface area (Å²) < 4.78 is 0.